The Kier molecular flexibility index (Phi) is 4.25. The van der Waals surface area contributed by atoms with Crippen molar-refractivity contribution in [3.8, 4) is 22.6 Å². The van der Waals surface area contributed by atoms with Crippen molar-refractivity contribution in [2.75, 3.05) is 12.1 Å². The Morgan fingerprint density at radius 1 is 0.897 bits per heavy atom. The van der Waals surface area contributed by atoms with Crippen LogP contribution in [0.4, 0.5) is 5.69 Å². The molecule has 1 saturated carbocycles. The number of benzene rings is 3. The molecule has 0 aromatic heterocycles. The molecule has 1 fully saturated rings. The lowest BCUT2D eigenvalue weighted by atomic mass is 9.94. The van der Waals surface area contributed by atoms with E-state index in [9.17, 15) is 4.79 Å². The Hall–Kier alpha value is -3.31. The second-order valence-corrected chi connectivity index (χ2v) is 7.54. The molecule has 0 spiro atoms. The van der Waals surface area contributed by atoms with Crippen LogP contribution in [-0.2, 0) is 16.8 Å². The molecule has 2 N–H and O–H groups in total. The van der Waals surface area contributed by atoms with Gasteiger partial charge in [-0.05, 0) is 59.4 Å². The summed E-state index contributed by atoms with van der Waals surface area (Å²) >= 11 is 0. The zero-order valence-corrected chi connectivity index (χ0v) is 15.9. The molecule has 1 aliphatic carbocycles. The van der Waals surface area contributed by atoms with E-state index in [-0.39, 0.29) is 19.3 Å². The molecule has 29 heavy (non-hydrogen) atoms. The molecule has 0 saturated heterocycles. The molecule has 3 aromatic rings. The Morgan fingerprint density at radius 2 is 1.55 bits per heavy atom. The number of amides is 1. The third-order valence-corrected chi connectivity index (χ3v) is 5.72. The summed E-state index contributed by atoms with van der Waals surface area (Å²) in [5.41, 5.74) is 4.27. The first-order valence-corrected chi connectivity index (χ1v) is 9.70. The highest BCUT2D eigenvalue weighted by molar-refractivity contribution is 6.01. The van der Waals surface area contributed by atoms with E-state index in [0.29, 0.717) is 5.75 Å². The van der Waals surface area contributed by atoms with Gasteiger partial charge in [0.05, 0.1) is 12.0 Å². The molecule has 2 aliphatic rings. The summed E-state index contributed by atoms with van der Waals surface area (Å²) < 4.78 is 10.8. The van der Waals surface area contributed by atoms with Crippen LogP contribution in [0, 0.1) is 0 Å². The Bertz CT molecular complexity index is 1050. The van der Waals surface area contributed by atoms with Crippen LogP contribution in [0.1, 0.15) is 24.0 Å². The lowest BCUT2D eigenvalue weighted by Crippen LogP contribution is -2.27. The molecule has 0 unspecified atom stereocenters. The van der Waals surface area contributed by atoms with Crippen LogP contribution >= 0.6 is 0 Å². The molecule has 1 heterocycles. The number of ether oxygens (including phenoxy) is 2. The van der Waals surface area contributed by atoms with Gasteiger partial charge in [0.25, 0.3) is 0 Å². The van der Waals surface area contributed by atoms with E-state index in [1.54, 1.807) is 0 Å². The van der Waals surface area contributed by atoms with E-state index in [1.165, 1.54) is 0 Å². The maximum absolute atomic E-state index is 13.0. The van der Waals surface area contributed by atoms with Crippen molar-refractivity contribution < 1.29 is 19.4 Å². The highest BCUT2D eigenvalue weighted by Gasteiger charge is 2.51. The van der Waals surface area contributed by atoms with Crippen LogP contribution in [0.3, 0.4) is 0 Å². The number of aliphatic hydroxyl groups is 1. The standard InChI is InChI=1S/C24H21NO4/c26-14-16-1-3-17(4-2-16)18-5-8-20(9-6-18)25-23(27)24(11-12-24)19-7-10-21-22(13-19)29-15-28-21/h1-10,13,26H,11-12,14-15H2,(H,25,27). The maximum Gasteiger partial charge on any atom is 0.235 e. The molecule has 0 atom stereocenters. The molecule has 1 aliphatic heterocycles. The van der Waals surface area contributed by atoms with Gasteiger partial charge < -0.3 is 19.9 Å². The summed E-state index contributed by atoms with van der Waals surface area (Å²) in [6.45, 7) is 0.267. The molecule has 1 amide bonds. The number of rotatable bonds is 5. The van der Waals surface area contributed by atoms with Crippen LogP contribution in [0.15, 0.2) is 66.7 Å². The Morgan fingerprint density at radius 3 is 2.21 bits per heavy atom. The van der Waals surface area contributed by atoms with Crippen LogP contribution in [0.5, 0.6) is 11.5 Å². The van der Waals surface area contributed by atoms with Crippen LogP contribution in [0.2, 0.25) is 0 Å². The van der Waals surface area contributed by atoms with Crippen molar-refractivity contribution in [3.63, 3.8) is 0 Å². The molecular formula is C24H21NO4. The predicted octanol–water partition coefficient (Wildman–Crippen LogP) is 4.24. The Labute approximate surface area is 168 Å². The van der Waals surface area contributed by atoms with E-state index in [1.807, 2.05) is 66.7 Å². The highest BCUT2D eigenvalue weighted by atomic mass is 16.7. The third kappa shape index (κ3) is 3.23. The summed E-state index contributed by atoms with van der Waals surface area (Å²) in [5, 5.41) is 12.2. The van der Waals surface area contributed by atoms with Gasteiger partial charge in [0, 0.05) is 5.69 Å². The van der Waals surface area contributed by atoms with E-state index in [4.69, 9.17) is 14.6 Å². The van der Waals surface area contributed by atoms with Crippen molar-refractivity contribution in [1.82, 2.24) is 0 Å². The van der Waals surface area contributed by atoms with Gasteiger partial charge in [-0.25, -0.2) is 0 Å². The quantitative estimate of drug-likeness (QED) is 0.687. The summed E-state index contributed by atoms with van der Waals surface area (Å²) in [7, 11) is 0. The third-order valence-electron chi connectivity index (χ3n) is 5.72. The number of hydrogen-bond donors (Lipinski definition) is 2. The number of aliphatic hydroxyl groups excluding tert-OH is 1. The van der Waals surface area contributed by atoms with Gasteiger partial charge in [-0.2, -0.15) is 0 Å². The molecule has 0 bridgehead atoms. The molecule has 5 heteroatoms. The largest absolute Gasteiger partial charge is 0.454 e. The minimum absolute atomic E-state index is 0.0106. The fourth-order valence-electron chi connectivity index (χ4n) is 3.77. The van der Waals surface area contributed by atoms with Crippen molar-refractivity contribution >= 4 is 11.6 Å². The zero-order valence-electron chi connectivity index (χ0n) is 15.9. The van der Waals surface area contributed by atoms with Gasteiger partial charge in [0.15, 0.2) is 11.5 Å². The monoisotopic (exact) mass is 387 g/mol. The first-order valence-electron chi connectivity index (χ1n) is 9.70. The SMILES string of the molecule is O=C(Nc1ccc(-c2ccc(CO)cc2)cc1)C1(c2ccc3c(c2)OCO3)CC1. The highest BCUT2D eigenvalue weighted by Crippen LogP contribution is 2.51. The van der Waals surface area contributed by atoms with E-state index in [2.05, 4.69) is 5.32 Å². The lowest BCUT2D eigenvalue weighted by Gasteiger charge is -2.16. The van der Waals surface area contributed by atoms with E-state index in [0.717, 1.165) is 46.5 Å². The Balaban J connectivity index is 1.31. The molecule has 5 rings (SSSR count). The first-order chi connectivity index (χ1) is 14.2. The molecular weight excluding hydrogens is 366 g/mol. The predicted molar refractivity (Wildman–Crippen MR) is 110 cm³/mol. The van der Waals surface area contributed by atoms with Crippen LogP contribution < -0.4 is 14.8 Å². The smallest absolute Gasteiger partial charge is 0.235 e. The summed E-state index contributed by atoms with van der Waals surface area (Å²) in [4.78, 5) is 13.0. The molecule has 3 aromatic carbocycles. The number of hydrogen-bond acceptors (Lipinski definition) is 4. The van der Waals surface area contributed by atoms with Gasteiger partial charge in [0.2, 0.25) is 12.7 Å². The second-order valence-electron chi connectivity index (χ2n) is 7.54. The van der Waals surface area contributed by atoms with Gasteiger partial charge in [0.1, 0.15) is 0 Å². The van der Waals surface area contributed by atoms with Crippen molar-refractivity contribution in [1.29, 1.82) is 0 Å². The zero-order chi connectivity index (χ0) is 19.8. The number of nitrogens with one attached hydrogen (secondary N) is 1. The van der Waals surface area contributed by atoms with Gasteiger partial charge >= 0.3 is 0 Å². The minimum Gasteiger partial charge on any atom is -0.454 e. The number of fused-ring (bicyclic) bond motifs is 1. The van der Waals surface area contributed by atoms with Crippen molar-refractivity contribution in [2.24, 2.45) is 0 Å². The summed E-state index contributed by atoms with van der Waals surface area (Å²) in [6.07, 6.45) is 1.65. The van der Waals surface area contributed by atoms with Gasteiger partial charge in [-0.15, -0.1) is 0 Å². The average Bonchev–Trinajstić information content (AvgIpc) is 3.45. The number of anilines is 1. The fourth-order valence-corrected chi connectivity index (χ4v) is 3.77. The molecule has 5 nitrogen and oxygen atoms in total. The topological polar surface area (TPSA) is 67.8 Å². The maximum atomic E-state index is 13.0. The number of carbonyl (C=O) groups is 1. The minimum atomic E-state index is -0.486. The summed E-state index contributed by atoms with van der Waals surface area (Å²) in [6, 6.07) is 21.4. The van der Waals surface area contributed by atoms with Crippen LogP contribution in [0.25, 0.3) is 11.1 Å². The van der Waals surface area contributed by atoms with Crippen LogP contribution in [-0.4, -0.2) is 17.8 Å². The molecule has 0 radical (unpaired) electrons. The number of carbonyl (C=O) groups excluding carboxylic acids is 1. The van der Waals surface area contributed by atoms with Gasteiger partial charge in [-0.1, -0.05) is 42.5 Å². The second kappa shape index (κ2) is 6.94. The lowest BCUT2D eigenvalue weighted by molar-refractivity contribution is -0.118. The molecule has 146 valence electrons. The summed E-state index contributed by atoms with van der Waals surface area (Å²) in [5.74, 6) is 1.45. The fraction of sp³-hybridized carbons (Fsp3) is 0.208. The van der Waals surface area contributed by atoms with E-state index < -0.39 is 5.41 Å². The van der Waals surface area contributed by atoms with Crippen molar-refractivity contribution in [2.45, 2.75) is 24.9 Å². The first kappa shape index (κ1) is 17.8. The average molecular weight is 387 g/mol. The van der Waals surface area contributed by atoms with E-state index >= 15 is 0 Å². The van der Waals surface area contributed by atoms with Gasteiger partial charge in [-0.3, -0.25) is 4.79 Å². The normalized spacial score (nSPS) is 15.8. The van der Waals surface area contributed by atoms with Crippen molar-refractivity contribution in [3.05, 3.63) is 77.9 Å².